The van der Waals surface area contributed by atoms with Crippen molar-refractivity contribution in [2.75, 3.05) is 5.32 Å². The number of carbonyl (C=O) groups is 2. The van der Waals surface area contributed by atoms with Crippen LogP contribution in [0, 0.1) is 11.8 Å². The number of urea groups is 1. The molecule has 3 amide bonds. The SMILES string of the molecule is C=C(C)C1CCC(C)CC1Oc1ccc(NC(=O)NC(=O)c2ccccc2Cl)cc1. The lowest BCUT2D eigenvalue weighted by Gasteiger charge is -2.35. The van der Waals surface area contributed by atoms with Gasteiger partial charge in [0.05, 0.1) is 10.6 Å². The normalized spacial score (nSPS) is 20.8. The first-order valence-corrected chi connectivity index (χ1v) is 10.5. The van der Waals surface area contributed by atoms with Crippen molar-refractivity contribution < 1.29 is 14.3 Å². The van der Waals surface area contributed by atoms with Crippen LogP contribution < -0.4 is 15.4 Å². The third kappa shape index (κ3) is 5.63. The Morgan fingerprint density at radius 2 is 1.80 bits per heavy atom. The first-order chi connectivity index (χ1) is 14.3. The van der Waals surface area contributed by atoms with E-state index in [1.165, 1.54) is 6.42 Å². The van der Waals surface area contributed by atoms with E-state index in [0.717, 1.165) is 24.2 Å². The summed E-state index contributed by atoms with van der Waals surface area (Å²) in [5.74, 6) is 1.18. The zero-order chi connectivity index (χ0) is 21.7. The van der Waals surface area contributed by atoms with Crippen LogP contribution >= 0.6 is 11.6 Å². The van der Waals surface area contributed by atoms with Gasteiger partial charge in [0.15, 0.2) is 0 Å². The molecule has 3 rings (SSSR count). The van der Waals surface area contributed by atoms with Crippen molar-refractivity contribution >= 4 is 29.2 Å². The van der Waals surface area contributed by atoms with Crippen molar-refractivity contribution in [1.82, 2.24) is 5.32 Å². The van der Waals surface area contributed by atoms with Gasteiger partial charge in [0.25, 0.3) is 5.91 Å². The van der Waals surface area contributed by atoms with Crippen LogP contribution in [0.2, 0.25) is 5.02 Å². The lowest BCUT2D eigenvalue weighted by atomic mass is 9.77. The zero-order valence-electron chi connectivity index (χ0n) is 17.3. The van der Waals surface area contributed by atoms with E-state index in [1.54, 1.807) is 36.4 Å². The van der Waals surface area contributed by atoms with Gasteiger partial charge in [0, 0.05) is 11.6 Å². The highest BCUT2D eigenvalue weighted by Crippen LogP contribution is 2.35. The Balaban J connectivity index is 1.57. The maximum absolute atomic E-state index is 12.2. The van der Waals surface area contributed by atoms with Gasteiger partial charge in [-0.3, -0.25) is 10.1 Å². The lowest BCUT2D eigenvalue weighted by Crippen LogP contribution is -2.34. The third-order valence-corrected chi connectivity index (χ3v) is 5.76. The van der Waals surface area contributed by atoms with Crippen LogP contribution in [0.15, 0.2) is 60.7 Å². The Hall–Kier alpha value is -2.79. The largest absolute Gasteiger partial charge is 0.490 e. The molecule has 0 heterocycles. The number of anilines is 1. The minimum absolute atomic E-state index is 0.113. The summed E-state index contributed by atoms with van der Waals surface area (Å²) in [4.78, 5) is 24.3. The molecular formula is C24H27ClN2O3. The summed E-state index contributed by atoms with van der Waals surface area (Å²) >= 11 is 5.99. The maximum atomic E-state index is 12.2. The molecule has 6 heteroatoms. The molecule has 0 bridgehead atoms. The summed E-state index contributed by atoms with van der Waals surface area (Å²) in [5, 5.41) is 5.20. The molecule has 0 aromatic heterocycles. The highest BCUT2D eigenvalue weighted by molar-refractivity contribution is 6.34. The Bertz CT molecular complexity index is 926. The van der Waals surface area contributed by atoms with Gasteiger partial charge in [-0.2, -0.15) is 0 Å². The van der Waals surface area contributed by atoms with E-state index in [2.05, 4.69) is 31.1 Å². The Morgan fingerprint density at radius 1 is 1.10 bits per heavy atom. The number of rotatable bonds is 5. The van der Waals surface area contributed by atoms with E-state index >= 15 is 0 Å². The number of hydrogen-bond acceptors (Lipinski definition) is 3. The molecule has 1 aliphatic carbocycles. The predicted molar refractivity (Wildman–Crippen MR) is 120 cm³/mol. The van der Waals surface area contributed by atoms with Crippen molar-refractivity contribution in [3.63, 3.8) is 0 Å². The molecule has 0 saturated heterocycles. The van der Waals surface area contributed by atoms with E-state index in [-0.39, 0.29) is 16.7 Å². The zero-order valence-corrected chi connectivity index (χ0v) is 18.0. The molecule has 2 aromatic carbocycles. The Kier molecular flexibility index (Phi) is 7.16. The summed E-state index contributed by atoms with van der Waals surface area (Å²) in [6.45, 7) is 8.44. The number of nitrogens with one attached hydrogen (secondary N) is 2. The van der Waals surface area contributed by atoms with Crippen molar-refractivity contribution in [1.29, 1.82) is 0 Å². The van der Waals surface area contributed by atoms with Crippen LogP contribution in [0.1, 0.15) is 43.5 Å². The summed E-state index contributed by atoms with van der Waals surface area (Å²) in [7, 11) is 0. The fourth-order valence-corrected chi connectivity index (χ4v) is 4.01. The monoisotopic (exact) mass is 426 g/mol. The third-order valence-electron chi connectivity index (χ3n) is 5.43. The number of halogens is 1. The average molecular weight is 427 g/mol. The molecule has 158 valence electrons. The highest BCUT2D eigenvalue weighted by Gasteiger charge is 2.30. The fraction of sp³-hybridized carbons (Fsp3) is 0.333. The summed E-state index contributed by atoms with van der Waals surface area (Å²) in [6, 6.07) is 13.1. The maximum Gasteiger partial charge on any atom is 0.326 e. The molecule has 5 nitrogen and oxygen atoms in total. The van der Waals surface area contributed by atoms with E-state index < -0.39 is 11.9 Å². The van der Waals surface area contributed by atoms with Crippen molar-refractivity contribution in [2.24, 2.45) is 11.8 Å². The van der Waals surface area contributed by atoms with Gasteiger partial charge in [-0.25, -0.2) is 4.79 Å². The smallest absolute Gasteiger partial charge is 0.326 e. The van der Waals surface area contributed by atoms with Crippen LogP contribution in [0.3, 0.4) is 0 Å². The van der Waals surface area contributed by atoms with Gasteiger partial charge < -0.3 is 10.1 Å². The minimum Gasteiger partial charge on any atom is -0.490 e. The average Bonchev–Trinajstić information content (AvgIpc) is 2.69. The molecule has 1 saturated carbocycles. The van der Waals surface area contributed by atoms with Crippen molar-refractivity contribution in [2.45, 2.75) is 39.2 Å². The van der Waals surface area contributed by atoms with E-state index in [1.807, 2.05) is 12.1 Å². The summed E-state index contributed by atoms with van der Waals surface area (Å²) < 4.78 is 6.24. The molecule has 0 radical (unpaired) electrons. The minimum atomic E-state index is -0.628. The molecule has 1 fully saturated rings. The molecule has 2 aromatic rings. The first-order valence-electron chi connectivity index (χ1n) is 10.1. The molecule has 0 spiro atoms. The molecule has 3 unspecified atom stereocenters. The van der Waals surface area contributed by atoms with E-state index in [9.17, 15) is 9.59 Å². The van der Waals surface area contributed by atoms with Crippen LogP contribution in [-0.2, 0) is 0 Å². The van der Waals surface area contributed by atoms with Gasteiger partial charge in [0.2, 0.25) is 0 Å². The molecule has 0 aliphatic heterocycles. The van der Waals surface area contributed by atoms with Gasteiger partial charge in [-0.05, 0) is 68.5 Å². The molecule has 30 heavy (non-hydrogen) atoms. The van der Waals surface area contributed by atoms with Crippen LogP contribution in [-0.4, -0.2) is 18.0 Å². The van der Waals surface area contributed by atoms with Crippen molar-refractivity contribution in [3.8, 4) is 5.75 Å². The van der Waals surface area contributed by atoms with Gasteiger partial charge in [-0.15, -0.1) is 0 Å². The molecular weight excluding hydrogens is 400 g/mol. The van der Waals surface area contributed by atoms with Crippen LogP contribution in [0.5, 0.6) is 5.75 Å². The number of amides is 3. The fourth-order valence-electron chi connectivity index (χ4n) is 3.79. The second kappa shape index (κ2) is 9.81. The highest BCUT2D eigenvalue weighted by atomic mass is 35.5. The van der Waals surface area contributed by atoms with Crippen molar-refractivity contribution in [3.05, 3.63) is 71.3 Å². The number of benzene rings is 2. The van der Waals surface area contributed by atoms with E-state index in [4.69, 9.17) is 16.3 Å². The number of imide groups is 1. The van der Waals surface area contributed by atoms with Gasteiger partial charge in [0.1, 0.15) is 11.9 Å². The standard InChI is InChI=1S/C24H27ClN2O3/c1-15(2)19-13-8-16(3)14-22(19)30-18-11-9-17(10-12-18)26-24(29)27-23(28)20-6-4-5-7-21(20)25/h4-7,9-12,16,19,22H,1,8,13-14H2,2-3H3,(H2,26,27,28,29). The topological polar surface area (TPSA) is 67.4 Å². The number of carbonyl (C=O) groups excluding carboxylic acids is 2. The second-order valence-corrected chi connectivity index (χ2v) is 8.35. The first kappa shape index (κ1) is 21.9. The van der Waals surface area contributed by atoms with Gasteiger partial charge in [-0.1, -0.05) is 42.8 Å². The second-order valence-electron chi connectivity index (χ2n) is 7.94. The number of hydrogen-bond donors (Lipinski definition) is 2. The predicted octanol–water partition coefficient (Wildman–Crippen LogP) is 6.06. The van der Waals surface area contributed by atoms with E-state index in [0.29, 0.717) is 17.5 Å². The summed E-state index contributed by atoms with van der Waals surface area (Å²) in [5.41, 5.74) is 1.96. The molecule has 1 aliphatic rings. The Labute approximate surface area is 182 Å². The molecule has 3 atom stereocenters. The lowest BCUT2D eigenvalue weighted by molar-refractivity contribution is 0.0873. The van der Waals surface area contributed by atoms with Crippen LogP contribution in [0.25, 0.3) is 0 Å². The molecule has 2 N–H and O–H groups in total. The van der Waals surface area contributed by atoms with Gasteiger partial charge >= 0.3 is 6.03 Å². The quantitative estimate of drug-likeness (QED) is 0.571. The van der Waals surface area contributed by atoms with Crippen LogP contribution in [0.4, 0.5) is 10.5 Å². The number of ether oxygens (including phenoxy) is 1. The summed E-state index contributed by atoms with van der Waals surface area (Å²) in [6.07, 6.45) is 3.41. The Morgan fingerprint density at radius 3 is 2.47 bits per heavy atom.